The van der Waals surface area contributed by atoms with Crippen LogP contribution in [0.4, 0.5) is 5.69 Å². The molecule has 0 amide bonds. The van der Waals surface area contributed by atoms with Crippen LogP contribution in [0.25, 0.3) is 10.8 Å². The molecule has 112 valence electrons. The van der Waals surface area contributed by atoms with Crippen LogP contribution >= 0.6 is 0 Å². The summed E-state index contributed by atoms with van der Waals surface area (Å²) < 4.78 is 1.21. The lowest BCUT2D eigenvalue weighted by molar-refractivity contribution is -0.383. The molecule has 0 saturated heterocycles. The van der Waals surface area contributed by atoms with Crippen molar-refractivity contribution in [3.05, 3.63) is 50.9 Å². The Bertz CT molecular complexity index is 868. The molecule has 7 nitrogen and oxygen atoms in total. The van der Waals surface area contributed by atoms with E-state index in [0.717, 1.165) is 0 Å². The van der Waals surface area contributed by atoms with E-state index in [1.165, 1.54) is 22.9 Å². The molecular weight excluding hydrogens is 288 g/mol. The first-order valence-electron chi connectivity index (χ1n) is 6.81. The van der Waals surface area contributed by atoms with Crippen LogP contribution in [0.5, 0.6) is 0 Å². The quantitative estimate of drug-likeness (QED) is 0.478. The van der Waals surface area contributed by atoms with Crippen LogP contribution in [-0.4, -0.2) is 21.1 Å². The number of hydrogen-bond donors (Lipinski definition) is 0. The standard InChI is InChI=1S/C15H12N2O5/c18-10-4-5-11(13(19)8-10)16-7-6-9-2-1-3-12(17(21)22)14(9)15(16)20/h1-3,6-7,11H,4-5,8H2. The summed E-state index contributed by atoms with van der Waals surface area (Å²) in [6, 6.07) is 5.23. The number of nitrogens with zero attached hydrogens (tertiary/aromatic N) is 2. The number of pyridine rings is 1. The normalized spacial score (nSPS) is 18.6. The molecule has 0 aliphatic heterocycles. The Kier molecular flexibility index (Phi) is 3.32. The largest absolute Gasteiger partial charge is 0.304 e. The summed E-state index contributed by atoms with van der Waals surface area (Å²) in [5.74, 6) is -0.461. The van der Waals surface area contributed by atoms with E-state index >= 15 is 0 Å². The van der Waals surface area contributed by atoms with Gasteiger partial charge in [-0.05, 0) is 17.9 Å². The average Bonchev–Trinajstić information content (AvgIpc) is 2.48. The van der Waals surface area contributed by atoms with Gasteiger partial charge in [-0.1, -0.05) is 12.1 Å². The van der Waals surface area contributed by atoms with Crippen LogP contribution in [0.15, 0.2) is 35.3 Å². The van der Waals surface area contributed by atoms with Gasteiger partial charge in [-0.15, -0.1) is 0 Å². The Morgan fingerprint density at radius 3 is 2.64 bits per heavy atom. The van der Waals surface area contributed by atoms with E-state index in [0.29, 0.717) is 5.39 Å². The second kappa shape index (κ2) is 5.18. The lowest BCUT2D eigenvalue weighted by Crippen LogP contribution is -2.34. The van der Waals surface area contributed by atoms with Gasteiger partial charge in [0.1, 0.15) is 11.2 Å². The maximum Gasteiger partial charge on any atom is 0.282 e. The highest BCUT2D eigenvalue weighted by atomic mass is 16.6. The SMILES string of the molecule is O=C1CCC(n2ccc3cccc([N+](=O)[O-])c3c2=O)C(=O)C1. The maximum atomic E-state index is 12.6. The Morgan fingerprint density at radius 1 is 1.18 bits per heavy atom. The Hall–Kier alpha value is -2.83. The number of carbonyl (C=O) groups excluding carboxylic acids is 2. The minimum atomic E-state index is -0.727. The number of Topliss-reactive ketones (excluding diaryl/α,β-unsaturated/α-hetero) is 2. The number of ketones is 2. The molecule has 0 bridgehead atoms. The van der Waals surface area contributed by atoms with E-state index in [-0.39, 0.29) is 41.9 Å². The number of nitro benzene ring substituents is 1. The summed E-state index contributed by atoms with van der Waals surface area (Å²) >= 11 is 0. The Morgan fingerprint density at radius 2 is 1.95 bits per heavy atom. The highest BCUT2D eigenvalue weighted by Gasteiger charge is 2.30. The zero-order valence-electron chi connectivity index (χ0n) is 11.5. The fourth-order valence-corrected chi connectivity index (χ4v) is 2.84. The first-order valence-corrected chi connectivity index (χ1v) is 6.81. The van der Waals surface area contributed by atoms with E-state index < -0.39 is 16.5 Å². The smallest absolute Gasteiger partial charge is 0.282 e. The predicted molar refractivity (Wildman–Crippen MR) is 77.8 cm³/mol. The molecule has 1 fully saturated rings. The molecule has 1 unspecified atom stereocenters. The molecule has 1 aliphatic carbocycles. The summed E-state index contributed by atoms with van der Waals surface area (Å²) in [4.78, 5) is 46.4. The molecule has 2 aromatic rings. The summed E-state index contributed by atoms with van der Waals surface area (Å²) in [5, 5.41) is 11.5. The zero-order valence-corrected chi connectivity index (χ0v) is 11.5. The van der Waals surface area contributed by atoms with Gasteiger partial charge in [-0.2, -0.15) is 0 Å². The second-order valence-corrected chi connectivity index (χ2v) is 5.26. The van der Waals surface area contributed by atoms with E-state index in [2.05, 4.69) is 0 Å². The third kappa shape index (κ3) is 2.20. The zero-order chi connectivity index (χ0) is 15.9. The first kappa shape index (κ1) is 14.1. The fourth-order valence-electron chi connectivity index (χ4n) is 2.84. The molecule has 1 heterocycles. The molecule has 1 atom stereocenters. The average molecular weight is 300 g/mol. The Balaban J connectivity index is 2.20. The molecule has 0 spiro atoms. The molecule has 0 radical (unpaired) electrons. The van der Waals surface area contributed by atoms with Crippen LogP contribution in [0.3, 0.4) is 0 Å². The van der Waals surface area contributed by atoms with E-state index in [1.807, 2.05) is 0 Å². The van der Waals surface area contributed by atoms with Gasteiger partial charge in [0.15, 0.2) is 5.78 Å². The number of fused-ring (bicyclic) bond motifs is 1. The van der Waals surface area contributed by atoms with Gasteiger partial charge >= 0.3 is 0 Å². The van der Waals surface area contributed by atoms with Gasteiger partial charge < -0.3 is 4.57 Å². The van der Waals surface area contributed by atoms with E-state index in [1.54, 1.807) is 12.1 Å². The molecular formula is C15H12N2O5. The van der Waals surface area contributed by atoms with Crippen LogP contribution in [0.2, 0.25) is 0 Å². The van der Waals surface area contributed by atoms with Crippen LogP contribution in [0.1, 0.15) is 25.3 Å². The number of non-ortho nitro benzene ring substituents is 1. The number of carbonyl (C=O) groups is 2. The van der Waals surface area contributed by atoms with Crippen molar-refractivity contribution in [2.75, 3.05) is 0 Å². The second-order valence-electron chi connectivity index (χ2n) is 5.26. The number of aromatic nitrogens is 1. The topological polar surface area (TPSA) is 99.3 Å². The number of nitro groups is 1. The van der Waals surface area contributed by atoms with Crippen LogP contribution in [0, 0.1) is 10.1 Å². The van der Waals surface area contributed by atoms with Crippen molar-refractivity contribution < 1.29 is 14.5 Å². The summed E-state index contributed by atoms with van der Waals surface area (Å²) in [7, 11) is 0. The van der Waals surface area contributed by atoms with E-state index in [9.17, 15) is 24.5 Å². The lowest BCUT2D eigenvalue weighted by Gasteiger charge is -2.22. The molecule has 3 rings (SSSR count). The summed E-state index contributed by atoms with van der Waals surface area (Å²) in [6.45, 7) is 0. The highest BCUT2D eigenvalue weighted by Crippen LogP contribution is 2.26. The number of rotatable bonds is 2. The van der Waals surface area contributed by atoms with Crippen molar-refractivity contribution in [2.45, 2.75) is 25.3 Å². The number of hydrogen-bond acceptors (Lipinski definition) is 5. The monoisotopic (exact) mass is 300 g/mol. The van der Waals surface area contributed by atoms with Crippen molar-refractivity contribution in [2.24, 2.45) is 0 Å². The minimum absolute atomic E-state index is 0.0142. The van der Waals surface area contributed by atoms with E-state index in [4.69, 9.17) is 0 Å². The molecule has 1 aliphatic rings. The van der Waals surface area contributed by atoms with Crippen LogP contribution in [-0.2, 0) is 9.59 Å². The van der Waals surface area contributed by atoms with Gasteiger partial charge in [0.2, 0.25) is 0 Å². The molecule has 1 aromatic carbocycles. The van der Waals surface area contributed by atoms with Gasteiger partial charge in [0.25, 0.3) is 11.2 Å². The predicted octanol–water partition coefficient (Wildman–Crippen LogP) is 1.77. The molecule has 22 heavy (non-hydrogen) atoms. The van der Waals surface area contributed by atoms with Gasteiger partial charge in [0.05, 0.1) is 17.4 Å². The van der Waals surface area contributed by atoms with Crippen molar-refractivity contribution in [3.63, 3.8) is 0 Å². The minimum Gasteiger partial charge on any atom is -0.304 e. The van der Waals surface area contributed by atoms with Gasteiger partial charge in [-0.3, -0.25) is 24.5 Å². The summed E-state index contributed by atoms with van der Waals surface area (Å²) in [6.07, 6.45) is 1.76. The van der Waals surface area contributed by atoms with Crippen molar-refractivity contribution in [1.29, 1.82) is 0 Å². The maximum absolute atomic E-state index is 12.6. The highest BCUT2D eigenvalue weighted by molar-refractivity contribution is 6.03. The number of benzene rings is 1. The van der Waals surface area contributed by atoms with Crippen molar-refractivity contribution >= 4 is 28.0 Å². The fraction of sp³-hybridized carbons (Fsp3) is 0.267. The Labute approximate surface area is 124 Å². The van der Waals surface area contributed by atoms with Crippen molar-refractivity contribution in [3.8, 4) is 0 Å². The summed E-state index contributed by atoms with van der Waals surface area (Å²) in [5.41, 5.74) is -0.853. The van der Waals surface area contributed by atoms with Gasteiger partial charge in [0, 0.05) is 18.7 Å². The first-order chi connectivity index (χ1) is 10.5. The van der Waals surface area contributed by atoms with Gasteiger partial charge in [-0.25, -0.2) is 0 Å². The molecule has 1 aromatic heterocycles. The molecule has 0 N–H and O–H groups in total. The molecule has 7 heteroatoms. The molecule has 1 saturated carbocycles. The lowest BCUT2D eigenvalue weighted by atomic mass is 9.92. The van der Waals surface area contributed by atoms with Crippen molar-refractivity contribution in [1.82, 2.24) is 4.57 Å². The third-order valence-corrected chi connectivity index (χ3v) is 3.91. The third-order valence-electron chi connectivity index (χ3n) is 3.91. The van der Waals surface area contributed by atoms with Crippen LogP contribution < -0.4 is 5.56 Å².